The zero-order chi connectivity index (χ0) is 21.1. The van der Waals surface area contributed by atoms with Crippen LogP contribution in [0.2, 0.25) is 0 Å². The van der Waals surface area contributed by atoms with E-state index in [1.54, 1.807) is 24.3 Å². The number of fused-ring (bicyclic) bond motifs is 2. The van der Waals surface area contributed by atoms with Crippen molar-refractivity contribution < 1.29 is 23.9 Å². The van der Waals surface area contributed by atoms with E-state index in [0.717, 1.165) is 19.3 Å². The number of hydrogen-bond donors (Lipinski definition) is 1. The highest BCUT2D eigenvalue weighted by molar-refractivity contribution is 6.00. The maximum Gasteiger partial charge on any atom is 0.326 e. The van der Waals surface area contributed by atoms with E-state index < -0.39 is 18.0 Å². The van der Waals surface area contributed by atoms with Gasteiger partial charge in [-0.05, 0) is 61.6 Å². The average molecular weight is 408 g/mol. The van der Waals surface area contributed by atoms with Crippen LogP contribution in [-0.2, 0) is 32.0 Å². The second kappa shape index (κ2) is 8.57. The van der Waals surface area contributed by atoms with Gasteiger partial charge in [0.1, 0.15) is 12.3 Å². The van der Waals surface area contributed by atoms with Crippen LogP contribution in [0.15, 0.2) is 42.5 Å². The molecule has 0 saturated heterocycles. The molecule has 2 amide bonds. The van der Waals surface area contributed by atoms with E-state index in [9.17, 15) is 14.4 Å². The predicted octanol–water partition coefficient (Wildman–Crippen LogP) is 2.86. The lowest BCUT2D eigenvalue weighted by molar-refractivity contribution is -0.152. The third kappa shape index (κ3) is 4.30. The summed E-state index contributed by atoms with van der Waals surface area (Å²) in [5.41, 5.74) is 3.78. The van der Waals surface area contributed by atoms with Crippen LogP contribution in [-0.4, -0.2) is 37.0 Å². The number of carbonyl (C=O) groups is 3. The standard InChI is InChI=1S/C23H24N2O5/c1-15(23(28)24-18-10-9-16-5-4-6-17(16)13-18)30-22(27)14-25-19-7-2-3-8-20(19)29-12-11-21(25)26/h2-3,7-10,13,15H,4-6,11-12,14H2,1H3,(H,24,28)/t15-/m0/s1. The molecule has 156 valence electrons. The van der Waals surface area contributed by atoms with E-state index in [0.29, 0.717) is 17.1 Å². The first-order valence-corrected chi connectivity index (χ1v) is 10.2. The molecule has 2 aromatic carbocycles. The number of aryl methyl sites for hydroxylation is 2. The van der Waals surface area contributed by atoms with Gasteiger partial charge in [0.15, 0.2) is 6.10 Å². The number of nitrogens with zero attached hydrogens (tertiary/aromatic N) is 1. The van der Waals surface area contributed by atoms with E-state index in [1.807, 2.05) is 18.2 Å². The number of benzene rings is 2. The van der Waals surface area contributed by atoms with Gasteiger partial charge in [0, 0.05) is 5.69 Å². The summed E-state index contributed by atoms with van der Waals surface area (Å²) in [7, 11) is 0. The predicted molar refractivity (Wildman–Crippen MR) is 112 cm³/mol. The molecule has 7 heteroatoms. The first kappa shape index (κ1) is 19.9. The fourth-order valence-electron chi connectivity index (χ4n) is 3.80. The summed E-state index contributed by atoms with van der Waals surface area (Å²) in [6.45, 7) is 1.48. The van der Waals surface area contributed by atoms with Crippen molar-refractivity contribution >= 4 is 29.2 Å². The molecule has 1 atom stereocenters. The molecule has 0 saturated carbocycles. The molecular formula is C23H24N2O5. The molecule has 0 fully saturated rings. The van der Waals surface area contributed by atoms with Gasteiger partial charge in [-0.15, -0.1) is 0 Å². The SMILES string of the molecule is C[C@H](OC(=O)CN1C(=O)CCOc2ccccc21)C(=O)Nc1ccc2c(c1)CCC2. The van der Waals surface area contributed by atoms with Crippen molar-refractivity contribution in [3.05, 3.63) is 53.6 Å². The highest BCUT2D eigenvalue weighted by atomic mass is 16.5. The Morgan fingerprint density at radius 3 is 2.80 bits per heavy atom. The topological polar surface area (TPSA) is 84.9 Å². The number of ether oxygens (including phenoxy) is 2. The van der Waals surface area contributed by atoms with E-state index in [4.69, 9.17) is 9.47 Å². The number of anilines is 2. The van der Waals surface area contributed by atoms with Crippen LogP contribution < -0.4 is 15.0 Å². The number of amides is 2. The number of para-hydroxylation sites is 2. The number of rotatable bonds is 5. The summed E-state index contributed by atoms with van der Waals surface area (Å²) in [5, 5.41) is 2.80. The molecule has 0 unspecified atom stereocenters. The Bertz CT molecular complexity index is 987. The van der Waals surface area contributed by atoms with Gasteiger partial charge in [0.25, 0.3) is 5.91 Å². The van der Waals surface area contributed by atoms with E-state index in [-0.39, 0.29) is 25.5 Å². The smallest absolute Gasteiger partial charge is 0.326 e. The van der Waals surface area contributed by atoms with Crippen LogP contribution in [0, 0.1) is 0 Å². The van der Waals surface area contributed by atoms with Gasteiger partial charge in [-0.1, -0.05) is 18.2 Å². The Kier molecular flexibility index (Phi) is 5.70. The summed E-state index contributed by atoms with van der Waals surface area (Å²) in [5.74, 6) is -0.755. The Balaban J connectivity index is 1.37. The number of carbonyl (C=O) groups excluding carboxylic acids is 3. The van der Waals surface area contributed by atoms with E-state index in [2.05, 4.69) is 5.32 Å². The zero-order valence-electron chi connectivity index (χ0n) is 16.8. The molecule has 1 aliphatic heterocycles. The normalized spacial score (nSPS) is 16.0. The van der Waals surface area contributed by atoms with Gasteiger partial charge in [0.05, 0.1) is 18.7 Å². The summed E-state index contributed by atoms with van der Waals surface area (Å²) >= 11 is 0. The first-order chi connectivity index (χ1) is 14.5. The summed E-state index contributed by atoms with van der Waals surface area (Å²) < 4.78 is 10.9. The Morgan fingerprint density at radius 2 is 1.93 bits per heavy atom. The quantitative estimate of drug-likeness (QED) is 0.769. The highest BCUT2D eigenvalue weighted by Gasteiger charge is 2.27. The van der Waals surface area contributed by atoms with Crippen molar-refractivity contribution in [3.8, 4) is 5.75 Å². The van der Waals surface area contributed by atoms with Gasteiger partial charge in [-0.3, -0.25) is 19.3 Å². The fourth-order valence-corrected chi connectivity index (χ4v) is 3.80. The minimum atomic E-state index is -0.987. The molecule has 1 heterocycles. The second-order valence-electron chi connectivity index (χ2n) is 7.50. The minimum Gasteiger partial charge on any atom is -0.491 e. The monoisotopic (exact) mass is 408 g/mol. The number of esters is 1. The van der Waals surface area contributed by atoms with Gasteiger partial charge in [0.2, 0.25) is 5.91 Å². The van der Waals surface area contributed by atoms with Gasteiger partial charge < -0.3 is 14.8 Å². The molecule has 0 radical (unpaired) electrons. The maximum atomic E-state index is 12.5. The Morgan fingerprint density at radius 1 is 1.13 bits per heavy atom. The van der Waals surface area contributed by atoms with Gasteiger partial charge in [-0.25, -0.2) is 0 Å². The Hall–Kier alpha value is -3.35. The van der Waals surface area contributed by atoms with Crippen molar-refractivity contribution in [3.63, 3.8) is 0 Å². The van der Waals surface area contributed by atoms with Crippen molar-refractivity contribution in [2.75, 3.05) is 23.4 Å². The lowest BCUT2D eigenvalue weighted by atomic mass is 10.1. The first-order valence-electron chi connectivity index (χ1n) is 10.2. The highest BCUT2D eigenvalue weighted by Crippen LogP contribution is 2.31. The van der Waals surface area contributed by atoms with Crippen LogP contribution in [0.1, 0.15) is 30.9 Å². The maximum absolute atomic E-state index is 12.5. The van der Waals surface area contributed by atoms with E-state index in [1.165, 1.54) is 23.0 Å². The third-order valence-corrected chi connectivity index (χ3v) is 5.36. The number of hydrogen-bond acceptors (Lipinski definition) is 5. The Labute approximate surface area is 175 Å². The average Bonchev–Trinajstić information content (AvgIpc) is 3.14. The molecule has 0 bridgehead atoms. The molecular weight excluding hydrogens is 384 g/mol. The molecule has 7 nitrogen and oxygen atoms in total. The lowest BCUT2D eigenvalue weighted by Crippen LogP contribution is -2.39. The van der Waals surface area contributed by atoms with Crippen LogP contribution in [0.25, 0.3) is 0 Å². The molecule has 30 heavy (non-hydrogen) atoms. The van der Waals surface area contributed by atoms with E-state index >= 15 is 0 Å². The largest absolute Gasteiger partial charge is 0.491 e. The molecule has 1 N–H and O–H groups in total. The summed E-state index contributed by atoms with van der Waals surface area (Å²) in [6.07, 6.45) is 2.39. The van der Waals surface area contributed by atoms with Crippen LogP contribution in [0.4, 0.5) is 11.4 Å². The second-order valence-corrected chi connectivity index (χ2v) is 7.50. The summed E-state index contributed by atoms with van der Waals surface area (Å²) in [6, 6.07) is 12.9. The molecule has 0 spiro atoms. The van der Waals surface area contributed by atoms with Crippen molar-refractivity contribution in [1.29, 1.82) is 0 Å². The minimum absolute atomic E-state index is 0.163. The van der Waals surface area contributed by atoms with Crippen LogP contribution >= 0.6 is 0 Å². The molecule has 0 aromatic heterocycles. The van der Waals surface area contributed by atoms with Crippen molar-refractivity contribution in [2.24, 2.45) is 0 Å². The van der Waals surface area contributed by atoms with Gasteiger partial charge >= 0.3 is 5.97 Å². The molecule has 2 aromatic rings. The van der Waals surface area contributed by atoms with Crippen LogP contribution in [0.5, 0.6) is 5.75 Å². The lowest BCUT2D eigenvalue weighted by Gasteiger charge is -2.22. The summed E-state index contributed by atoms with van der Waals surface area (Å²) in [4.78, 5) is 38.7. The molecule has 2 aliphatic rings. The van der Waals surface area contributed by atoms with Crippen LogP contribution in [0.3, 0.4) is 0 Å². The molecule has 4 rings (SSSR count). The number of nitrogens with one attached hydrogen (secondary N) is 1. The van der Waals surface area contributed by atoms with Gasteiger partial charge in [-0.2, -0.15) is 0 Å². The zero-order valence-corrected chi connectivity index (χ0v) is 16.8. The third-order valence-electron chi connectivity index (χ3n) is 5.36. The van der Waals surface area contributed by atoms with Crippen molar-refractivity contribution in [1.82, 2.24) is 0 Å². The fraction of sp³-hybridized carbons (Fsp3) is 0.348. The van der Waals surface area contributed by atoms with Crippen molar-refractivity contribution in [2.45, 2.75) is 38.7 Å². The molecule has 1 aliphatic carbocycles.